The lowest BCUT2D eigenvalue weighted by molar-refractivity contribution is -0.131. The summed E-state index contributed by atoms with van der Waals surface area (Å²) in [5.41, 5.74) is -0.136. The van der Waals surface area contributed by atoms with Crippen LogP contribution in [0.5, 0.6) is 5.75 Å². The van der Waals surface area contributed by atoms with Gasteiger partial charge >= 0.3 is 13.8 Å². The van der Waals surface area contributed by atoms with E-state index in [2.05, 4.69) is 27.3 Å². The summed E-state index contributed by atoms with van der Waals surface area (Å²) in [5, 5.41) is 15.6. The van der Waals surface area contributed by atoms with Gasteiger partial charge in [0.25, 0.3) is 0 Å². The molecule has 1 fully saturated rings. The number of likely N-dealkylation sites (N-methyl/N-ethyl adjacent to an activating group) is 1. The first kappa shape index (κ1) is 33.7. The zero-order valence-corrected chi connectivity index (χ0v) is 27.5. The number of carbonyl (C=O) groups excluding carboxylic acids is 2. The Morgan fingerprint density at radius 3 is 2.60 bits per heavy atom. The van der Waals surface area contributed by atoms with Crippen molar-refractivity contribution in [1.82, 2.24) is 29.6 Å². The first-order chi connectivity index (χ1) is 21.4. The van der Waals surface area contributed by atoms with Crippen molar-refractivity contribution in [3.8, 4) is 11.8 Å². The number of carbonyl (C=O) groups is 2. The number of hydrogen-bond donors (Lipinski definition) is 2. The van der Waals surface area contributed by atoms with E-state index in [4.69, 9.17) is 14.5 Å². The number of alkyl carbamates (subject to hydrolysis) is 1. The third kappa shape index (κ3) is 8.74. The predicted octanol–water partition coefficient (Wildman–Crippen LogP) is 4.95. The number of nitrogens with zero attached hydrogens (tertiary/aromatic N) is 6. The quantitative estimate of drug-likeness (QED) is 0.206. The second kappa shape index (κ2) is 14.8. The first-order valence-electron chi connectivity index (χ1n) is 15.2. The van der Waals surface area contributed by atoms with Crippen LogP contribution in [-0.2, 0) is 14.1 Å². The van der Waals surface area contributed by atoms with Gasteiger partial charge in [0, 0.05) is 39.4 Å². The zero-order chi connectivity index (χ0) is 32.6. The Kier molecular flexibility index (Phi) is 11.1. The molecule has 13 nitrogen and oxygen atoms in total. The highest BCUT2D eigenvalue weighted by molar-refractivity contribution is 7.55. The summed E-state index contributed by atoms with van der Waals surface area (Å²) in [5.74, 6) is 1.18. The normalized spacial score (nSPS) is 18.1. The number of ether oxygens (including phenoxy) is 1. The Labute approximate surface area is 264 Å². The molecule has 1 aliphatic heterocycles. The second-order valence-electron chi connectivity index (χ2n) is 12.2. The molecule has 45 heavy (non-hydrogen) atoms. The van der Waals surface area contributed by atoms with Crippen molar-refractivity contribution in [2.45, 2.75) is 65.0 Å². The largest absolute Gasteiger partial charge is 0.444 e. The van der Waals surface area contributed by atoms with E-state index >= 15 is 0 Å². The number of amides is 2. The Balaban J connectivity index is 1.53. The molecule has 3 heterocycles. The van der Waals surface area contributed by atoms with E-state index in [0.717, 1.165) is 6.42 Å². The number of piperidine rings is 1. The number of hydrogen-bond acceptors (Lipinski definition) is 9. The highest BCUT2D eigenvalue weighted by Crippen LogP contribution is 2.47. The summed E-state index contributed by atoms with van der Waals surface area (Å²) in [6.07, 6.45) is 4.55. The van der Waals surface area contributed by atoms with Gasteiger partial charge in [0.05, 0.1) is 17.5 Å². The van der Waals surface area contributed by atoms with Gasteiger partial charge in [-0.1, -0.05) is 25.1 Å². The standard InChI is InChI=1S/C31H43N8O5P/c1-23-14-19-38(27(40)13-16-32)21-26(23)37(5)28-25-15-20-39(29(25)35-22-34-28)45(42,44-24-11-7-6-8-12-24)36-18-10-9-17-33-30(41)43-31(2,3)4/h6-8,11-12,15,20,22-23,26H,9-10,13-14,17-19,21H2,1-5H3,(H,33,41)(H,36,42)/t23-,26+,45?/m1/s1. The van der Waals surface area contributed by atoms with E-state index in [1.807, 2.05) is 50.9 Å². The molecule has 0 bridgehead atoms. The topological polar surface area (TPSA) is 155 Å². The number of nitrogens with one attached hydrogen (secondary N) is 2. The molecular formula is C31H43N8O5P. The van der Waals surface area contributed by atoms with Gasteiger partial charge < -0.3 is 24.4 Å². The first-order valence-corrected chi connectivity index (χ1v) is 16.8. The van der Waals surface area contributed by atoms with Crippen molar-refractivity contribution >= 4 is 36.5 Å². The molecule has 1 saturated heterocycles. The number of unbranched alkanes of at least 4 members (excludes halogenated alkanes) is 1. The Morgan fingerprint density at radius 1 is 1.16 bits per heavy atom. The van der Waals surface area contributed by atoms with Crippen molar-refractivity contribution in [3.63, 3.8) is 0 Å². The van der Waals surface area contributed by atoms with Crippen LogP contribution >= 0.6 is 7.67 Å². The van der Waals surface area contributed by atoms with Gasteiger partial charge in [0.2, 0.25) is 5.91 Å². The van der Waals surface area contributed by atoms with Crippen LogP contribution in [0.1, 0.15) is 53.4 Å². The van der Waals surface area contributed by atoms with Crippen LogP contribution in [0.4, 0.5) is 10.6 Å². The van der Waals surface area contributed by atoms with Gasteiger partial charge in [-0.3, -0.25) is 4.79 Å². The molecule has 2 aromatic heterocycles. The maximum absolute atomic E-state index is 14.6. The van der Waals surface area contributed by atoms with Crippen LogP contribution in [0, 0.1) is 17.2 Å². The van der Waals surface area contributed by atoms with Crippen LogP contribution in [0.3, 0.4) is 0 Å². The van der Waals surface area contributed by atoms with E-state index in [9.17, 15) is 14.2 Å². The molecule has 1 unspecified atom stereocenters. The molecule has 1 aliphatic rings. The lowest BCUT2D eigenvalue weighted by atomic mass is 9.92. The lowest BCUT2D eigenvalue weighted by Gasteiger charge is -2.42. The SMILES string of the molecule is C[C@@H]1CCN(C(=O)CC#N)C[C@@H]1N(C)c1ncnc2c1ccn2P(=O)(NCCCCNC(=O)OC(C)(C)C)Oc1ccccc1. The fourth-order valence-corrected chi connectivity index (χ4v) is 7.09. The summed E-state index contributed by atoms with van der Waals surface area (Å²) in [4.78, 5) is 37.3. The number of likely N-dealkylation sites (tertiary alicyclic amines) is 1. The van der Waals surface area contributed by atoms with Crippen molar-refractivity contribution < 1.29 is 23.4 Å². The van der Waals surface area contributed by atoms with Crippen molar-refractivity contribution in [3.05, 3.63) is 48.9 Å². The molecule has 3 aromatic rings. The number of fused-ring (bicyclic) bond motifs is 1. The van der Waals surface area contributed by atoms with Gasteiger partial charge in [0.15, 0.2) is 5.65 Å². The van der Waals surface area contributed by atoms with Crippen molar-refractivity contribution in [2.75, 3.05) is 38.1 Å². The summed E-state index contributed by atoms with van der Waals surface area (Å²) in [7, 11) is -1.82. The van der Waals surface area contributed by atoms with E-state index < -0.39 is 19.4 Å². The maximum atomic E-state index is 14.6. The number of rotatable bonds is 12. The molecule has 242 valence electrons. The number of benzene rings is 1. The van der Waals surface area contributed by atoms with Crippen LogP contribution in [0.2, 0.25) is 0 Å². The number of nitriles is 1. The Hall–Kier alpha value is -4.14. The van der Waals surface area contributed by atoms with E-state index in [1.54, 1.807) is 35.4 Å². The summed E-state index contributed by atoms with van der Waals surface area (Å²) in [6.45, 7) is 9.42. The van der Waals surface area contributed by atoms with Gasteiger partial charge in [-0.25, -0.2) is 28.8 Å². The van der Waals surface area contributed by atoms with Gasteiger partial charge in [-0.05, 0) is 64.2 Å². The Bertz CT molecular complexity index is 1550. The summed E-state index contributed by atoms with van der Waals surface area (Å²) >= 11 is 0. The van der Waals surface area contributed by atoms with Crippen LogP contribution in [0.15, 0.2) is 48.9 Å². The van der Waals surface area contributed by atoms with Crippen LogP contribution in [-0.4, -0.2) is 76.1 Å². The molecular weight excluding hydrogens is 595 g/mol. The molecule has 2 amide bonds. The average Bonchev–Trinajstić information content (AvgIpc) is 3.44. The maximum Gasteiger partial charge on any atom is 0.425 e. The Morgan fingerprint density at radius 2 is 1.89 bits per heavy atom. The highest BCUT2D eigenvalue weighted by atomic mass is 31.2. The third-order valence-electron chi connectivity index (χ3n) is 7.61. The lowest BCUT2D eigenvalue weighted by Crippen LogP contribution is -2.52. The van der Waals surface area contributed by atoms with Gasteiger partial charge in [-0.15, -0.1) is 0 Å². The average molecular weight is 639 g/mol. The fraction of sp³-hybridized carbons (Fsp3) is 0.516. The molecule has 14 heteroatoms. The van der Waals surface area contributed by atoms with Crippen LogP contribution in [0.25, 0.3) is 11.0 Å². The minimum absolute atomic E-state index is 0.0392. The smallest absolute Gasteiger partial charge is 0.425 e. The fourth-order valence-electron chi connectivity index (χ4n) is 5.29. The zero-order valence-electron chi connectivity index (χ0n) is 26.6. The highest BCUT2D eigenvalue weighted by Gasteiger charge is 2.34. The third-order valence-corrected chi connectivity index (χ3v) is 9.59. The van der Waals surface area contributed by atoms with Crippen LogP contribution < -0.4 is 19.8 Å². The van der Waals surface area contributed by atoms with E-state index in [1.165, 1.54) is 10.7 Å². The molecule has 0 radical (unpaired) electrons. The molecule has 0 saturated carbocycles. The van der Waals surface area contributed by atoms with E-state index in [-0.39, 0.29) is 24.3 Å². The minimum atomic E-state index is -3.75. The monoisotopic (exact) mass is 638 g/mol. The summed E-state index contributed by atoms with van der Waals surface area (Å²) < 4.78 is 27.5. The predicted molar refractivity (Wildman–Crippen MR) is 172 cm³/mol. The van der Waals surface area contributed by atoms with E-state index in [0.29, 0.717) is 61.6 Å². The molecule has 0 spiro atoms. The number of anilines is 1. The van der Waals surface area contributed by atoms with Gasteiger partial charge in [0.1, 0.15) is 29.9 Å². The minimum Gasteiger partial charge on any atom is -0.444 e. The molecule has 1 aromatic carbocycles. The number of aromatic nitrogens is 3. The molecule has 0 aliphatic carbocycles. The van der Waals surface area contributed by atoms with Gasteiger partial charge in [-0.2, -0.15) is 5.26 Å². The molecule has 4 rings (SSSR count). The van der Waals surface area contributed by atoms with Crippen molar-refractivity contribution in [1.29, 1.82) is 5.26 Å². The van der Waals surface area contributed by atoms with Crippen molar-refractivity contribution in [2.24, 2.45) is 5.92 Å². The summed E-state index contributed by atoms with van der Waals surface area (Å²) in [6, 6.07) is 12.7. The second-order valence-corrected chi connectivity index (χ2v) is 14.2. The number of para-hydroxylation sites is 1. The molecule has 3 atom stereocenters. The molecule has 2 N–H and O–H groups in total.